The second-order valence-corrected chi connectivity index (χ2v) is 5.24. The summed E-state index contributed by atoms with van der Waals surface area (Å²) in [5.41, 5.74) is 2.48. The van der Waals surface area contributed by atoms with E-state index in [1.54, 1.807) is 6.20 Å². The molecule has 100 valence electrons. The molecule has 0 saturated heterocycles. The maximum absolute atomic E-state index is 12.1. The number of H-pyrrole nitrogens is 1. The molecule has 2 rings (SSSR count). The molecular weight excluding hydrogens is 238 g/mol. The first-order valence-corrected chi connectivity index (χ1v) is 6.44. The van der Waals surface area contributed by atoms with E-state index in [0.717, 1.165) is 23.4 Å². The van der Waals surface area contributed by atoms with Gasteiger partial charge in [-0.3, -0.25) is 9.89 Å². The molecule has 1 amide bonds. The van der Waals surface area contributed by atoms with Gasteiger partial charge in [0.15, 0.2) is 0 Å². The number of hydrogen-bond donors (Lipinski definition) is 2. The van der Waals surface area contributed by atoms with Crippen LogP contribution < -0.4 is 5.32 Å². The molecule has 0 saturated carbocycles. The average Bonchev–Trinajstić information content (AvgIpc) is 2.93. The minimum absolute atomic E-state index is 0.0456. The summed E-state index contributed by atoms with van der Waals surface area (Å²) < 4.78 is 0. The lowest BCUT2D eigenvalue weighted by atomic mass is 9.89. The van der Waals surface area contributed by atoms with Crippen LogP contribution in [0, 0.1) is 5.41 Å². The van der Waals surface area contributed by atoms with Gasteiger partial charge in [0.2, 0.25) is 5.91 Å². The summed E-state index contributed by atoms with van der Waals surface area (Å²) in [6.45, 7) is 5.91. The topological polar surface area (TPSA) is 57.8 Å². The van der Waals surface area contributed by atoms with E-state index in [1.165, 1.54) is 0 Å². The van der Waals surface area contributed by atoms with Gasteiger partial charge in [0.05, 0.1) is 5.69 Å². The van der Waals surface area contributed by atoms with Gasteiger partial charge in [0.25, 0.3) is 0 Å². The molecule has 1 aromatic heterocycles. The van der Waals surface area contributed by atoms with Gasteiger partial charge in [-0.15, -0.1) is 0 Å². The largest absolute Gasteiger partial charge is 0.326 e. The molecule has 0 bridgehead atoms. The highest BCUT2D eigenvalue weighted by atomic mass is 16.2. The first-order chi connectivity index (χ1) is 9.03. The van der Waals surface area contributed by atoms with Gasteiger partial charge in [-0.1, -0.05) is 32.9 Å². The van der Waals surface area contributed by atoms with Crippen molar-refractivity contribution in [2.45, 2.75) is 27.2 Å². The Morgan fingerprint density at radius 2 is 1.95 bits per heavy atom. The number of rotatable bonds is 4. The van der Waals surface area contributed by atoms with E-state index in [-0.39, 0.29) is 11.3 Å². The summed E-state index contributed by atoms with van der Waals surface area (Å²) in [4.78, 5) is 12.1. The maximum Gasteiger partial charge on any atom is 0.230 e. The van der Waals surface area contributed by atoms with Crippen LogP contribution in [-0.2, 0) is 4.79 Å². The third-order valence-corrected chi connectivity index (χ3v) is 3.45. The molecule has 0 aliphatic rings. The smallest absolute Gasteiger partial charge is 0.230 e. The lowest BCUT2D eigenvalue weighted by molar-refractivity contribution is -0.124. The molecule has 2 aromatic rings. The Morgan fingerprint density at radius 3 is 2.47 bits per heavy atom. The fourth-order valence-corrected chi connectivity index (χ4v) is 1.61. The minimum atomic E-state index is -0.345. The SMILES string of the molecule is CCC(C)(C)C(=O)Nc1ccc(-c2ccn[nH]2)cc1. The van der Waals surface area contributed by atoms with Crippen LogP contribution in [0.25, 0.3) is 11.3 Å². The highest BCUT2D eigenvalue weighted by Crippen LogP contribution is 2.23. The Bertz CT molecular complexity index is 541. The summed E-state index contributed by atoms with van der Waals surface area (Å²) in [5, 5.41) is 9.77. The molecule has 0 spiro atoms. The van der Waals surface area contributed by atoms with Crippen LogP contribution in [-0.4, -0.2) is 16.1 Å². The Labute approximate surface area is 113 Å². The third-order valence-electron chi connectivity index (χ3n) is 3.45. The quantitative estimate of drug-likeness (QED) is 0.881. The van der Waals surface area contributed by atoms with Gasteiger partial charge in [0, 0.05) is 17.3 Å². The Kier molecular flexibility index (Phi) is 3.69. The Hall–Kier alpha value is -2.10. The zero-order valence-corrected chi connectivity index (χ0v) is 11.5. The summed E-state index contributed by atoms with van der Waals surface area (Å²) in [6.07, 6.45) is 2.53. The van der Waals surface area contributed by atoms with Crippen LogP contribution in [0.5, 0.6) is 0 Å². The lowest BCUT2D eigenvalue weighted by Gasteiger charge is -2.21. The van der Waals surface area contributed by atoms with Crippen molar-refractivity contribution in [2.24, 2.45) is 5.41 Å². The van der Waals surface area contributed by atoms with Crippen molar-refractivity contribution in [3.05, 3.63) is 36.5 Å². The molecule has 0 unspecified atom stereocenters. The predicted octanol–water partition coefficient (Wildman–Crippen LogP) is 3.45. The first kappa shape index (κ1) is 13.3. The molecule has 2 N–H and O–H groups in total. The number of aromatic amines is 1. The number of nitrogens with zero attached hydrogens (tertiary/aromatic N) is 1. The van der Waals surface area contributed by atoms with Crippen molar-refractivity contribution in [1.29, 1.82) is 0 Å². The van der Waals surface area contributed by atoms with Gasteiger partial charge < -0.3 is 5.32 Å². The molecule has 0 aliphatic heterocycles. The van der Waals surface area contributed by atoms with Crippen LogP contribution >= 0.6 is 0 Å². The fourth-order valence-electron chi connectivity index (χ4n) is 1.61. The molecule has 4 heteroatoms. The van der Waals surface area contributed by atoms with E-state index < -0.39 is 0 Å². The highest BCUT2D eigenvalue weighted by molar-refractivity contribution is 5.94. The molecule has 1 aromatic carbocycles. The van der Waals surface area contributed by atoms with Gasteiger partial charge in [0.1, 0.15) is 0 Å². The van der Waals surface area contributed by atoms with Gasteiger partial charge in [-0.25, -0.2) is 0 Å². The van der Waals surface area contributed by atoms with Gasteiger partial charge in [-0.2, -0.15) is 5.10 Å². The Balaban J connectivity index is 2.10. The van der Waals surface area contributed by atoms with Crippen molar-refractivity contribution in [3.63, 3.8) is 0 Å². The second kappa shape index (κ2) is 5.26. The van der Waals surface area contributed by atoms with Crippen LogP contribution in [0.1, 0.15) is 27.2 Å². The molecule has 0 radical (unpaired) electrons. The van der Waals surface area contributed by atoms with Crippen molar-refractivity contribution in [2.75, 3.05) is 5.32 Å². The summed E-state index contributed by atoms with van der Waals surface area (Å²) in [7, 11) is 0. The van der Waals surface area contributed by atoms with E-state index in [4.69, 9.17) is 0 Å². The molecule has 4 nitrogen and oxygen atoms in total. The van der Waals surface area contributed by atoms with Gasteiger partial charge >= 0.3 is 0 Å². The van der Waals surface area contributed by atoms with E-state index in [1.807, 2.05) is 51.1 Å². The third kappa shape index (κ3) is 3.02. The number of carbonyl (C=O) groups is 1. The van der Waals surface area contributed by atoms with E-state index >= 15 is 0 Å². The van der Waals surface area contributed by atoms with Crippen molar-refractivity contribution < 1.29 is 4.79 Å². The number of anilines is 1. The number of benzene rings is 1. The zero-order chi connectivity index (χ0) is 13.9. The standard InChI is InChI=1S/C15H19N3O/c1-4-15(2,3)14(19)17-12-7-5-11(6-8-12)13-9-10-16-18-13/h5-10H,4H2,1-3H3,(H,16,18)(H,17,19). The predicted molar refractivity (Wildman–Crippen MR) is 76.7 cm³/mol. The van der Waals surface area contributed by atoms with Crippen LogP contribution in [0.2, 0.25) is 0 Å². The molecule has 0 aliphatic carbocycles. The summed E-state index contributed by atoms with van der Waals surface area (Å²) in [6, 6.07) is 9.64. The molecule has 1 heterocycles. The maximum atomic E-state index is 12.1. The van der Waals surface area contributed by atoms with Crippen molar-refractivity contribution in [3.8, 4) is 11.3 Å². The summed E-state index contributed by atoms with van der Waals surface area (Å²) in [5.74, 6) is 0.0456. The van der Waals surface area contributed by atoms with Crippen molar-refractivity contribution >= 4 is 11.6 Å². The number of amides is 1. The number of carbonyl (C=O) groups excluding carboxylic acids is 1. The van der Waals surface area contributed by atoms with E-state index in [0.29, 0.717) is 0 Å². The van der Waals surface area contributed by atoms with Crippen molar-refractivity contribution in [1.82, 2.24) is 10.2 Å². The molecule has 0 fully saturated rings. The average molecular weight is 257 g/mol. The fraction of sp³-hybridized carbons (Fsp3) is 0.333. The number of hydrogen-bond acceptors (Lipinski definition) is 2. The molecule has 19 heavy (non-hydrogen) atoms. The number of aromatic nitrogens is 2. The van der Waals surface area contributed by atoms with Crippen LogP contribution in [0.3, 0.4) is 0 Å². The van der Waals surface area contributed by atoms with Crippen LogP contribution in [0.15, 0.2) is 36.5 Å². The Morgan fingerprint density at radius 1 is 1.26 bits per heavy atom. The van der Waals surface area contributed by atoms with E-state index in [2.05, 4.69) is 15.5 Å². The minimum Gasteiger partial charge on any atom is -0.326 e. The van der Waals surface area contributed by atoms with Gasteiger partial charge in [-0.05, 0) is 30.2 Å². The normalized spacial score (nSPS) is 11.3. The summed E-state index contributed by atoms with van der Waals surface area (Å²) >= 11 is 0. The zero-order valence-electron chi connectivity index (χ0n) is 11.5. The number of nitrogens with one attached hydrogen (secondary N) is 2. The monoisotopic (exact) mass is 257 g/mol. The molecule has 0 atom stereocenters. The first-order valence-electron chi connectivity index (χ1n) is 6.44. The molecular formula is C15H19N3O. The van der Waals surface area contributed by atoms with Crippen LogP contribution in [0.4, 0.5) is 5.69 Å². The highest BCUT2D eigenvalue weighted by Gasteiger charge is 2.25. The lowest BCUT2D eigenvalue weighted by Crippen LogP contribution is -2.29. The second-order valence-electron chi connectivity index (χ2n) is 5.24. The van der Waals surface area contributed by atoms with E-state index in [9.17, 15) is 4.79 Å².